The summed E-state index contributed by atoms with van der Waals surface area (Å²) in [4.78, 5) is 16.6. The van der Waals surface area contributed by atoms with E-state index in [1.807, 2.05) is 30.4 Å². The second-order valence-electron chi connectivity index (χ2n) is 6.67. The van der Waals surface area contributed by atoms with E-state index in [0.717, 1.165) is 38.9 Å². The van der Waals surface area contributed by atoms with Crippen LogP contribution in [0.5, 0.6) is 0 Å². The lowest BCUT2D eigenvalue weighted by atomic mass is 10.1. The van der Waals surface area contributed by atoms with Gasteiger partial charge in [0.1, 0.15) is 0 Å². The van der Waals surface area contributed by atoms with Gasteiger partial charge < -0.3 is 9.80 Å². The maximum absolute atomic E-state index is 12.3. The number of benzene rings is 1. The first kappa shape index (κ1) is 16.6. The van der Waals surface area contributed by atoms with Gasteiger partial charge in [-0.25, -0.2) is 0 Å². The molecule has 1 aromatic carbocycles. The summed E-state index contributed by atoms with van der Waals surface area (Å²) in [5.74, 6) is 0.810. The molecule has 1 atom stereocenters. The molecule has 2 aromatic rings. The van der Waals surface area contributed by atoms with Crippen molar-refractivity contribution in [1.29, 1.82) is 0 Å². The molecule has 1 aromatic heterocycles. The molecule has 0 aliphatic carbocycles. The molecule has 0 spiro atoms. The van der Waals surface area contributed by atoms with Crippen LogP contribution in [0.15, 0.2) is 42.7 Å². The lowest BCUT2D eigenvalue weighted by Crippen LogP contribution is -2.33. The molecule has 1 fully saturated rings. The van der Waals surface area contributed by atoms with Crippen LogP contribution < -0.4 is 4.90 Å². The van der Waals surface area contributed by atoms with Crippen molar-refractivity contribution < 1.29 is 4.79 Å². The summed E-state index contributed by atoms with van der Waals surface area (Å²) in [6.45, 7) is 2.97. The van der Waals surface area contributed by atoms with Crippen molar-refractivity contribution in [1.82, 2.24) is 15.1 Å². The molecule has 2 heterocycles. The van der Waals surface area contributed by atoms with E-state index in [1.165, 1.54) is 11.3 Å². The van der Waals surface area contributed by atoms with Crippen molar-refractivity contribution >= 4 is 11.6 Å². The third-order valence-electron chi connectivity index (χ3n) is 4.78. The molecule has 24 heavy (non-hydrogen) atoms. The minimum absolute atomic E-state index is 0.247. The summed E-state index contributed by atoms with van der Waals surface area (Å²) in [5, 5.41) is 6.74. The highest BCUT2D eigenvalue weighted by Gasteiger charge is 2.24. The van der Waals surface area contributed by atoms with Crippen LogP contribution in [-0.2, 0) is 11.2 Å². The van der Waals surface area contributed by atoms with E-state index >= 15 is 0 Å². The molecule has 128 valence electrons. The van der Waals surface area contributed by atoms with Gasteiger partial charge in [0.25, 0.3) is 0 Å². The Kier molecular flexibility index (Phi) is 5.51. The Labute approximate surface area is 143 Å². The topological polar surface area (TPSA) is 52.2 Å². The number of nitrogens with zero attached hydrogens (tertiary/aromatic N) is 3. The first-order valence-corrected chi connectivity index (χ1v) is 8.74. The van der Waals surface area contributed by atoms with Gasteiger partial charge in [-0.15, -0.1) is 0 Å². The van der Waals surface area contributed by atoms with Crippen LogP contribution in [0.2, 0.25) is 0 Å². The predicted molar refractivity (Wildman–Crippen MR) is 95.9 cm³/mol. The number of rotatable bonds is 7. The van der Waals surface area contributed by atoms with Crippen LogP contribution in [-0.4, -0.2) is 47.7 Å². The monoisotopic (exact) mass is 326 g/mol. The van der Waals surface area contributed by atoms with E-state index in [9.17, 15) is 4.79 Å². The number of amides is 1. The second-order valence-corrected chi connectivity index (χ2v) is 6.67. The number of para-hydroxylation sites is 1. The number of nitrogens with one attached hydrogen (secondary N) is 1. The van der Waals surface area contributed by atoms with E-state index in [2.05, 4.69) is 39.4 Å². The van der Waals surface area contributed by atoms with Crippen molar-refractivity contribution in [2.24, 2.45) is 5.92 Å². The average molecular weight is 326 g/mol. The van der Waals surface area contributed by atoms with Crippen LogP contribution in [0.25, 0.3) is 0 Å². The molecule has 0 saturated carbocycles. The fourth-order valence-electron chi connectivity index (χ4n) is 3.39. The van der Waals surface area contributed by atoms with Gasteiger partial charge in [0.2, 0.25) is 5.91 Å². The summed E-state index contributed by atoms with van der Waals surface area (Å²) in [6.07, 6.45) is 7.26. The lowest BCUT2D eigenvalue weighted by Gasteiger charge is -2.22. The number of carbonyl (C=O) groups excluding carboxylic acids is 1. The number of carbonyl (C=O) groups is 1. The van der Waals surface area contributed by atoms with Gasteiger partial charge in [-0.05, 0) is 42.9 Å². The largest absolute Gasteiger partial charge is 0.371 e. The van der Waals surface area contributed by atoms with E-state index < -0.39 is 0 Å². The van der Waals surface area contributed by atoms with E-state index in [-0.39, 0.29) is 5.91 Å². The lowest BCUT2D eigenvalue weighted by molar-refractivity contribution is -0.130. The fourth-order valence-corrected chi connectivity index (χ4v) is 3.39. The van der Waals surface area contributed by atoms with Gasteiger partial charge in [0, 0.05) is 45.0 Å². The third-order valence-corrected chi connectivity index (χ3v) is 4.78. The molecule has 0 radical (unpaired) electrons. The van der Waals surface area contributed by atoms with Crippen LogP contribution >= 0.6 is 0 Å². The average Bonchev–Trinajstić information content (AvgIpc) is 3.27. The highest BCUT2D eigenvalue weighted by Crippen LogP contribution is 2.24. The van der Waals surface area contributed by atoms with Crippen molar-refractivity contribution in [2.45, 2.75) is 25.7 Å². The Morgan fingerprint density at radius 3 is 2.96 bits per heavy atom. The maximum atomic E-state index is 12.3. The minimum Gasteiger partial charge on any atom is -0.371 e. The van der Waals surface area contributed by atoms with Crippen molar-refractivity contribution in [3.05, 3.63) is 48.3 Å². The molecule has 1 aliphatic rings. The van der Waals surface area contributed by atoms with Gasteiger partial charge in [-0.3, -0.25) is 9.89 Å². The van der Waals surface area contributed by atoms with Gasteiger partial charge in [-0.1, -0.05) is 18.2 Å². The number of anilines is 1. The number of H-pyrrole nitrogens is 1. The van der Waals surface area contributed by atoms with Crippen LogP contribution in [0.1, 0.15) is 24.8 Å². The number of aromatic nitrogens is 2. The summed E-state index contributed by atoms with van der Waals surface area (Å²) >= 11 is 0. The smallest absolute Gasteiger partial charge is 0.222 e. The van der Waals surface area contributed by atoms with Gasteiger partial charge >= 0.3 is 0 Å². The Hall–Kier alpha value is -2.30. The highest BCUT2D eigenvalue weighted by molar-refractivity contribution is 5.75. The summed E-state index contributed by atoms with van der Waals surface area (Å²) in [7, 11) is 1.94. The van der Waals surface area contributed by atoms with Crippen molar-refractivity contribution in [3.8, 4) is 0 Å². The minimum atomic E-state index is 0.247. The molecule has 5 heteroatoms. The number of hydrogen-bond acceptors (Lipinski definition) is 3. The molecule has 0 bridgehead atoms. The predicted octanol–water partition coefficient (Wildman–Crippen LogP) is 2.72. The molecule has 1 N–H and O–H groups in total. The van der Waals surface area contributed by atoms with Crippen molar-refractivity contribution in [2.75, 3.05) is 31.6 Å². The molecule has 1 amide bonds. The first-order chi connectivity index (χ1) is 11.7. The third kappa shape index (κ3) is 4.37. The zero-order valence-electron chi connectivity index (χ0n) is 14.3. The molecular formula is C19H26N4O. The van der Waals surface area contributed by atoms with Gasteiger partial charge in [0.15, 0.2) is 0 Å². The Balaban J connectivity index is 1.40. The molecule has 1 unspecified atom stereocenters. The molecule has 3 rings (SSSR count). The SMILES string of the molecule is CN(CC1CCN(c2ccccc2)C1)C(=O)CCCc1cn[nH]c1. The number of aromatic amines is 1. The van der Waals surface area contributed by atoms with Crippen LogP contribution in [0, 0.1) is 5.92 Å². The summed E-state index contributed by atoms with van der Waals surface area (Å²) in [5.41, 5.74) is 2.45. The van der Waals surface area contributed by atoms with Crippen LogP contribution in [0.4, 0.5) is 5.69 Å². The maximum Gasteiger partial charge on any atom is 0.222 e. The van der Waals surface area contributed by atoms with Crippen LogP contribution in [0.3, 0.4) is 0 Å². The number of aryl methyl sites for hydroxylation is 1. The van der Waals surface area contributed by atoms with Gasteiger partial charge in [-0.2, -0.15) is 5.10 Å². The van der Waals surface area contributed by atoms with E-state index in [1.54, 1.807) is 0 Å². The molecule has 5 nitrogen and oxygen atoms in total. The molecule has 1 saturated heterocycles. The standard InChI is InChI=1S/C19H26N4O/c1-22(19(24)9-5-6-16-12-20-21-13-16)14-17-10-11-23(15-17)18-7-3-2-4-8-18/h2-4,7-8,12-13,17H,5-6,9-11,14-15H2,1H3,(H,20,21). The first-order valence-electron chi connectivity index (χ1n) is 8.74. The quantitative estimate of drug-likeness (QED) is 0.851. The Morgan fingerprint density at radius 1 is 1.38 bits per heavy atom. The second kappa shape index (κ2) is 7.99. The zero-order chi connectivity index (χ0) is 16.8. The van der Waals surface area contributed by atoms with Crippen molar-refractivity contribution in [3.63, 3.8) is 0 Å². The highest BCUT2D eigenvalue weighted by atomic mass is 16.2. The van der Waals surface area contributed by atoms with E-state index in [0.29, 0.717) is 12.3 Å². The molecular weight excluding hydrogens is 300 g/mol. The summed E-state index contributed by atoms with van der Waals surface area (Å²) < 4.78 is 0. The normalized spacial score (nSPS) is 17.2. The zero-order valence-corrected chi connectivity index (χ0v) is 14.3. The fraction of sp³-hybridized carbons (Fsp3) is 0.474. The molecule has 1 aliphatic heterocycles. The van der Waals surface area contributed by atoms with E-state index in [4.69, 9.17) is 0 Å². The Bertz CT molecular complexity index is 626. The van der Waals surface area contributed by atoms with Gasteiger partial charge in [0.05, 0.1) is 6.20 Å². The summed E-state index contributed by atoms with van der Waals surface area (Å²) in [6, 6.07) is 10.5. The number of hydrogen-bond donors (Lipinski definition) is 1. The Morgan fingerprint density at radius 2 is 2.21 bits per heavy atom.